The Kier molecular flexibility index (Phi) is 4.68. The quantitative estimate of drug-likeness (QED) is 0.858. The molecule has 2 aromatic rings. The smallest absolute Gasteiger partial charge is 0.306 e. The zero-order valence-corrected chi connectivity index (χ0v) is 13.0. The molecule has 22 heavy (non-hydrogen) atoms. The van der Waals surface area contributed by atoms with Crippen LogP contribution in [0.4, 0.5) is 5.13 Å². The van der Waals surface area contributed by atoms with Gasteiger partial charge < -0.3 is 4.74 Å². The SMILES string of the molecule is O=C(COC(=O)CC1CCCC1)Nc1nc2ccccc2s1. The molecule has 5 nitrogen and oxygen atoms in total. The van der Waals surface area contributed by atoms with Crippen LogP contribution in [0.3, 0.4) is 0 Å². The number of amides is 1. The zero-order valence-electron chi connectivity index (χ0n) is 12.2. The van der Waals surface area contributed by atoms with Gasteiger partial charge in [0.25, 0.3) is 5.91 Å². The summed E-state index contributed by atoms with van der Waals surface area (Å²) < 4.78 is 6.05. The van der Waals surface area contributed by atoms with Crippen LogP contribution in [0, 0.1) is 5.92 Å². The van der Waals surface area contributed by atoms with Crippen LogP contribution < -0.4 is 5.32 Å². The maximum atomic E-state index is 11.8. The summed E-state index contributed by atoms with van der Waals surface area (Å²) in [4.78, 5) is 27.8. The molecular formula is C16H18N2O3S. The third-order valence-corrected chi connectivity index (χ3v) is 4.79. The predicted molar refractivity (Wildman–Crippen MR) is 85.8 cm³/mol. The minimum Gasteiger partial charge on any atom is -0.456 e. The number of hydrogen-bond acceptors (Lipinski definition) is 5. The lowest BCUT2D eigenvalue weighted by molar-refractivity contribution is -0.148. The number of nitrogens with one attached hydrogen (secondary N) is 1. The van der Waals surface area contributed by atoms with Crippen molar-refractivity contribution in [1.29, 1.82) is 0 Å². The number of carbonyl (C=O) groups excluding carboxylic acids is 2. The summed E-state index contributed by atoms with van der Waals surface area (Å²) in [6, 6.07) is 7.67. The summed E-state index contributed by atoms with van der Waals surface area (Å²) in [5.41, 5.74) is 0.848. The molecule has 1 aromatic heterocycles. The Balaban J connectivity index is 1.46. The van der Waals surface area contributed by atoms with E-state index in [1.807, 2.05) is 24.3 Å². The molecule has 1 aromatic carbocycles. The van der Waals surface area contributed by atoms with Gasteiger partial charge in [0, 0.05) is 6.42 Å². The van der Waals surface area contributed by atoms with Gasteiger partial charge in [-0.25, -0.2) is 4.98 Å². The monoisotopic (exact) mass is 318 g/mol. The Hall–Kier alpha value is -1.95. The highest BCUT2D eigenvalue weighted by Gasteiger charge is 2.19. The van der Waals surface area contributed by atoms with Crippen molar-refractivity contribution in [2.24, 2.45) is 5.92 Å². The number of aromatic nitrogens is 1. The van der Waals surface area contributed by atoms with E-state index in [1.165, 1.54) is 24.2 Å². The minimum atomic E-state index is -0.348. The molecule has 0 atom stereocenters. The molecule has 1 fully saturated rings. The Morgan fingerprint density at radius 2 is 2.05 bits per heavy atom. The summed E-state index contributed by atoms with van der Waals surface area (Å²) in [5.74, 6) is -0.204. The van der Waals surface area contributed by atoms with E-state index < -0.39 is 0 Å². The van der Waals surface area contributed by atoms with Crippen LogP contribution in [0.1, 0.15) is 32.1 Å². The fraction of sp³-hybridized carbons (Fsp3) is 0.438. The second kappa shape index (κ2) is 6.87. The second-order valence-electron chi connectivity index (χ2n) is 5.55. The topological polar surface area (TPSA) is 68.3 Å². The van der Waals surface area contributed by atoms with E-state index >= 15 is 0 Å². The van der Waals surface area contributed by atoms with E-state index in [9.17, 15) is 9.59 Å². The van der Waals surface area contributed by atoms with E-state index in [-0.39, 0.29) is 18.5 Å². The number of hydrogen-bond donors (Lipinski definition) is 1. The Labute approximate surface area is 132 Å². The van der Waals surface area contributed by atoms with Gasteiger partial charge in [0.15, 0.2) is 11.7 Å². The predicted octanol–water partition coefficient (Wildman–Crippen LogP) is 3.36. The number of thiazole rings is 1. The fourth-order valence-corrected chi connectivity index (χ4v) is 3.62. The normalized spacial score (nSPS) is 15.1. The second-order valence-corrected chi connectivity index (χ2v) is 6.58. The van der Waals surface area contributed by atoms with Gasteiger partial charge >= 0.3 is 5.97 Å². The lowest BCUT2D eigenvalue weighted by atomic mass is 10.1. The Morgan fingerprint density at radius 1 is 1.27 bits per heavy atom. The van der Waals surface area contributed by atoms with Gasteiger partial charge in [-0.3, -0.25) is 14.9 Å². The van der Waals surface area contributed by atoms with E-state index in [1.54, 1.807) is 0 Å². The van der Waals surface area contributed by atoms with Gasteiger partial charge in [0.05, 0.1) is 10.2 Å². The van der Waals surface area contributed by atoms with Crippen molar-refractivity contribution in [3.63, 3.8) is 0 Å². The van der Waals surface area contributed by atoms with Crippen LogP contribution in [0.15, 0.2) is 24.3 Å². The first-order valence-corrected chi connectivity index (χ1v) is 8.33. The van der Waals surface area contributed by atoms with Gasteiger partial charge in [0.2, 0.25) is 0 Å². The number of carbonyl (C=O) groups is 2. The first kappa shape index (κ1) is 15.0. The standard InChI is InChI=1S/C16H18N2O3S/c19-14(10-21-15(20)9-11-5-1-2-6-11)18-16-17-12-7-3-4-8-13(12)22-16/h3-4,7-8,11H,1-2,5-6,9-10H2,(H,17,18,19). The lowest BCUT2D eigenvalue weighted by Gasteiger charge is -2.08. The number of ether oxygens (including phenoxy) is 1. The molecule has 3 rings (SSSR count). The van der Waals surface area contributed by atoms with Gasteiger partial charge in [-0.05, 0) is 30.9 Å². The molecule has 116 valence electrons. The largest absolute Gasteiger partial charge is 0.456 e. The van der Waals surface area contributed by atoms with E-state index in [0.29, 0.717) is 17.5 Å². The van der Waals surface area contributed by atoms with Gasteiger partial charge in [0.1, 0.15) is 0 Å². The van der Waals surface area contributed by atoms with Crippen LogP contribution in [0.5, 0.6) is 0 Å². The molecule has 1 heterocycles. The number of rotatable bonds is 5. The van der Waals surface area contributed by atoms with Crippen molar-refractivity contribution < 1.29 is 14.3 Å². The molecule has 0 bridgehead atoms. The molecule has 1 saturated carbocycles. The molecule has 1 aliphatic carbocycles. The molecular weight excluding hydrogens is 300 g/mol. The van der Waals surface area contributed by atoms with Crippen molar-refractivity contribution >= 4 is 38.6 Å². The maximum absolute atomic E-state index is 11.8. The van der Waals surface area contributed by atoms with Crippen molar-refractivity contribution in [1.82, 2.24) is 4.98 Å². The molecule has 0 unspecified atom stereocenters. The van der Waals surface area contributed by atoms with E-state index in [2.05, 4.69) is 10.3 Å². The number of esters is 1. The van der Waals surface area contributed by atoms with Gasteiger partial charge in [-0.2, -0.15) is 0 Å². The minimum absolute atomic E-state index is 0.249. The van der Waals surface area contributed by atoms with Gasteiger partial charge in [-0.1, -0.05) is 36.3 Å². The Morgan fingerprint density at radius 3 is 2.82 bits per heavy atom. The summed E-state index contributed by atoms with van der Waals surface area (Å²) in [5, 5.41) is 3.20. The number of benzene rings is 1. The van der Waals surface area contributed by atoms with Crippen LogP contribution in [0.25, 0.3) is 10.2 Å². The summed E-state index contributed by atoms with van der Waals surface area (Å²) in [6.45, 7) is -0.249. The summed E-state index contributed by atoms with van der Waals surface area (Å²) >= 11 is 1.40. The number of para-hydroxylation sites is 1. The molecule has 0 spiro atoms. The van der Waals surface area contributed by atoms with Crippen LogP contribution in [-0.2, 0) is 14.3 Å². The van der Waals surface area contributed by atoms with Crippen LogP contribution in [0.2, 0.25) is 0 Å². The molecule has 0 aliphatic heterocycles. The number of anilines is 1. The highest BCUT2D eigenvalue weighted by Crippen LogP contribution is 2.28. The molecule has 1 aliphatic rings. The number of fused-ring (bicyclic) bond motifs is 1. The third kappa shape index (κ3) is 3.82. The molecule has 6 heteroatoms. The highest BCUT2D eigenvalue weighted by molar-refractivity contribution is 7.22. The average Bonchev–Trinajstić information content (AvgIpc) is 3.13. The Bertz CT molecular complexity index is 644. The fourth-order valence-electron chi connectivity index (χ4n) is 2.74. The summed E-state index contributed by atoms with van der Waals surface area (Å²) in [7, 11) is 0. The number of nitrogens with zero attached hydrogens (tertiary/aromatic N) is 1. The molecule has 1 N–H and O–H groups in total. The highest BCUT2D eigenvalue weighted by atomic mass is 32.1. The van der Waals surface area contributed by atoms with Gasteiger partial charge in [-0.15, -0.1) is 0 Å². The van der Waals surface area contributed by atoms with Crippen molar-refractivity contribution in [2.75, 3.05) is 11.9 Å². The van der Waals surface area contributed by atoms with Crippen molar-refractivity contribution in [3.8, 4) is 0 Å². The van der Waals surface area contributed by atoms with E-state index in [4.69, 9.17) is 4.74 Å². The first-order valence-electron chi connectivity index (χ1n) is 7.52. The average molecular weight is 318 g/mol. The molecule has 0 saturated heterocycles. The van der Waals surface area contributed by atoms with Crippen LogP contribution >= 0.6 is 11.3 Å². The van der Waals surface area contributed by atoms with Crippen molar-refractivity contribution in [2.45, 2.75) is 32.1 Å². The third-order valence-electron chi connectivity index (χ3n) is 3.83. The summed E-state index contributed by atoms with van der Waals surface area (Å²) in [6.07, 6.45) is 4.99. The molecule has 0 radical (unpaired) electrons. The van der Waals surface area contributed by atoms with Crippen molar-refractivity contribution in [3.05, 3.63) is 24.3 Å². The first-order chi connectivity index (χ1) is 10.7. The van der Waals surface area contributed by atoms with Crippen LogP contribution in [-0.4, -0.2) is 23.5 Å². The maximum Gasteiger partial charge on any atom is 0.306 e. The lowest BCUT2D eigenvalue weighted by Crippen LogP contribution is -2.21. The van der Waals surface area contributed by atoms with E-state index in [0.717, 1.165) is 23.1 Å². The zero-order chi connectivity index (χ0) is 15.4. The molecule has 1 amide bonds.